The van der Waals surface area contributed by atoms with E-state index in [1.165, 1.54) is 11.1 Å². The van der Waals surface area contributed by atoms with E-state index in [0.717, 1.165) is 38.2 Å². The molecule has 0 bridgehead atoms. The van der Waals surface area contributed by atoms with Crippen LogP contribution in [0.15, 0.2) is 42.7 Å². The van der Waals surface area contributed by atoms with Crippen molar-refractivity contribution < 1.29 is 4.79 Å². The van der Waals surface area contributed by atoms with E-state index in [0.29, 0.717) is 6.04 Å². The van der Waals surface area contributed by atoms with Gasteiger partial charge >= 0.3 is 0 Å². The van der Waals surface area contributed by atoms with Crippen LogP contribution in [0.2, 0.25) is 0 Å². The highest BCUT2D eigenvalue weighted by molar-refractivity contribution is 5.91. The second kappa shape index (κ2) is 7.47. The molecule has 1 aromatic heterocycles. The molecule has 1 atom stereocenters. The number of hydrogen-bond donors (Lipinski definition) is 0. The van der Waals surface area contributed by atoms with E-state index in [9.17, 15) is 4.79 Å². The molecule has 1 aromatic carbocycles. The predicted octanol–water partition coefficient (Wildman–Crippen LogP) is 3.46. The van der Waals surface area contributed by atoms with Crippen LogP contribution in [0, 0.1) is 6.92 Å². The lowest BCUT2D eigenvalue weighted by atomic mass is 10.0. The van der Waals surface area contributed by atoms with Crippen LogP contribution in [0.5, 0.6) is 0 Å². The van der Waals surface area contributed by atoms with Crippen LogP contribution in [0.1, 0.15) is 36.7 Å². The lowest BCUT2D eigenvalue weighted by molar-refractivity contribution is -0.126. The van der Waals surface area contributed by atoms with Crippen LogP contribution in [0.4, 0.5) is 0 Å². The standard InChI is InChI=1S/C20H25N3O/c1-3-22-14-12-21-19(22)10-11-20(24)23-13-4-5-18(23)15-17-8-6-16(2)7-9-17/h6-12,14,18H,3-5,13,15H2,1-2H3. The second-order valence-electron chi connectivity index (χ2n) is 6.42. The zero-order valence-electron chi connectivity index (χ0n) is 14.5. The summed E-state index contributed by atoms with van der Waals surface area (Å²) < 4.78 is 2.03. The van der Waals surface area contributed by atoms with Gasteiger partial charge in [-0.1, -0.05) is 29.8 Å². The Hall–Kier alpha value is -2.36. The maximum absolute atomic E-state index is 12.6. The predicted molar refractivity (Wildman–Crippen MR) is 96.6 cm³/mol. The largest absolute Gasteiger partial charge is 0.336 e. The normalized spacial score (nSPS) is 17.8. The third kappa shape index (κ3) is 3.75. The van der Waals surface area contributed by atoms with Crippen molar-refractivity contribution >= 4 is 12.0 Å². The van der Waals surface area contributed by atoms with Crippen molar-refractivity contribution in [2.24, 2.45) is 0 Å². The first-order valence-corrected chi connectivity index (χ1v) is 8.72. The van der Waals surface area contributed by atoms with Gasteiger partial charge in [-0.15, -0.1) is 0 Å². The fourth-order valence-corrected chi connectivity index (χ4v) is 3.32. The van der Waals surface area contributed by atoms with Gasteiger partial charge in [-0.05, 0) is 44.7 Å². The Balaban J connectivity index is 1.66. The molecule has 24 heavy (non-hydrogen) atoms. The summed E-state index contributed by atoms with van der Waals surface area (Å²) in [6, 6.07) is 8.92. The van der Waals surface area contributed by atoms with Gasteiger partial charge in [0, 0.05) is 37.6 Å². The highest BCUT2D eigenvalue weighted by Crippen LogP contribution is 2.22. The van der Waals surface area contributed by atoms with Crippen LogP contribution in [-0.4, -0.2) is 32.9 Å². The van der Waals surface area contributed by atoms with Gasteiger partial charge in [-0.25, -0.2) is 4.98 Å². The first-order valence-electron chi connectivity index (χ1n) is 8.72. The summed E-state index contributed by atoms with van der Waals surface area (Å²) in [5.74, 6) is 0.926. The van der Waals surface area contributed by atoms with Crippen LogP contribution < -0.4 is 0 Å². The SMILES string of the molecule is CCn1ccnc1C=CC(=O)N1CCCC1Cc1ccc(C)cc1. The summed E-state index contributed by atoms with van der Waals surface area (Å²) in [6.07, 6.45) is 10.3. The van der Waals surface area contributed by atoms with Crippen molar-refractivity contribution in [3.8, 4) is 0 Å². The molecule has 1 aliphatic heterocycles. The molecular weight excluding hydrogens is 298 g/mol. The Bertz CT molecular complexity index is 715. The van der Waals surface area contributed by atoms with E-state index < -0.39 is 0 Å². The Kier molecular flexibility index (Phi) is 5.14. The lowest BCUT2D eigenvalue weighted by Gasteiger charge is -2.23. The Labute approximate surface area is 143 Å². The molecule has 1 fully saturated rings. The van der Waals surface area contributed by atoms with E-state index in [-0.39, 0.29) is 5.91 Å². The summed E-state index contributed by atoms with van der Waals surface area (Å²) in [4.78, 5) is 18.9. The number of benzene rings is 1. The van der Waals surface area contributed by atoms with Crippen molar-refractivity contribution in [1.29, 1.82) is 0 Å². The first kappa shape index (κ1) is 16.5. The molecule has 0 spiro atoms. The van der Waals surface area contributed by atoms with Gasteiger partial charge in [0.2, 0.25) is 5.91 Å². The van der Waals surface area contributed by atoms with Crippen molar-refractivity contribution in [3.05, 3.63) is 59.7 Å². The fourth-order valence-electron chi connectivity index (χ4n) is 3.32. The number of imidazole rings is 1. The van der Waals surface area contributed by atoms with Crippen molar-refractivity contribution in [2.45, 2.75) is 45.7 Å². The first-order chi connectivity index (χ1) is 11.7. The van der Waals surface area contributed by atoms with Gasteiger partial charge < -0.3 is 9.47 Å². The van der Waals surface area contributed by atoms with Gasteiger partial charge in [0.25, 0.3) is 0 Å². The van der Waals surface area contributed by atoms with Gasteiger partial charge in [-0.3, -0.25) is 4.79 Å². The number of aryl methyl sites for hydroxylation is 2. The number of rotatable bonds is 5. The quantitative estimate of drug-likeness (QED) is 0.790. The molecular formula is C20H25N3O. The maximum Gasteiger partial charge on any atom is 0.246 e. The molecule has 0 saturated carbocycles. The average Bonchev–Trinajstić information content (AvgIpc) is 3.23. The molecule has 3 rings (SSSR count). The molecule has 0 N–H and O–H groups in total. The summed E-state index contributed by atoms with van der Waals surface area (Å²) in [5, 5.41) is 0. The van der Waals surface area contributed by atoms with Crippen LogP contribution >= 0.6 is 0 Å². The monoisotopic (exact) mass is 323 g/mol. The number of amides is 1. The molecule has 2 aromatic rings. The van der Waals surface area contributed by atoms with Gasteiger partial charge in [0.05, 0.1) is 0 Å². The number of carbonyl (C=O) groups is 1. The Morgan fingerprint density at radius 1 is 1.33 bits per heavy atom. The summed E-state index contributed by atoms with van der Waals surface area (Å²) in [7, 11) is 0. The van der Waals surface area contributed by atoms with Crippen molar-refractivity contribution in [2.75, 3.05) is 6.54 Å². The molecule has 0 aliphatic carbocycles. The van der Waals surface area contributed by atoms with Crippen molar-refractivity contribution in [3.63, 3.8) is 0 Å². The minimum absolute atomic E-state index is 0.0928. The lowest BCUT2D eigenvalue weighted by Crippen LogP contribution is -2.35. The summed E-state index contributed by atoms with van der Waals surface area (Å²) in [5.41, 5.74) is 2.57. The third-order valence-corrected chi connectivity index (χ3v) is 4.72. The van der Waals surface area contributed by atoms with Crippen LogP contribution in [0.3, 0.4) is 0 Å². The van der Waals surface area contributed by atoms with E-state index in [1.54, 1.807) is 12.3 Å². The van der Waals surface area contributed by atoms with E-state index in [1.807, 2.05) is 21.7 Å². The maximum atomic E-state index is 12.6. The molecule has 1 aliphatic rings. The van der Waals surface area contributed by atoms with Crippen LogP contribution in [0.25, 0.3) is 6.08 Å². The average molecular weight is 323 g/mol. The summed E-state index contributed by atoms with van der Waals surface area (Å²) >= 11 is 0. The summed E-state index contributed by atoms with van der Waals surface area (Å²) in [6.45, 7) is 5.87. The fraction of sp³-hybridized carbons (Fsp3) is 0.400. The number of hydrogen-bond acceptors (Lipinski definition) is 2. The zero-order valence-corrected chi connectivity index (χ0v) is 14.5. The zero-order chi connectivity index (χ0) is 16.9. The molecule has 2 heterocycles. The van der Waals surface area contributed by atoms with E-state index >= 15 is 0 Å². The van der Waals surface area contributed by atoms with Gasteiger partial charge in [0.1, 0.15) is 5.82 Å². The number of carbonyl (C=O) groups excluding carboxylic acids is 1. The minimum atomic E-state index is 0.0928. The molecule has 4 heteroatoms. The molecule has 126 valence electrons. The van der Waals surface area contributed by atoms with Crippen molar-refractivity contribution in [1.82, 2.24) is 14.5 Å². The molecule has 1 saturated heterocycles. The smallest absolute Gasteiger partial charge is 0.246 e. The molecule has 4 nitrogen and oxygen atoms in total. The number of nitrogens with zero attached hydrogens (tertiary/aromatic N) is 3. The van der Waals surface area contributed by atoms with E-state index in [4.69, 9.17) is 0 Å². The second-order valence-corrected chi connectivity index (χ2v) is 6.42. The number of aromatic nitrogens is 2. The number of likely N-dealkylation sites (tertiary alicyclic amines) is 1. The molecule has 0 radical (unpaired) electrons. The Morgan fingerprint density at radius 3 is 2.88 bits per heavy atom. The molecule has 1 amide bonds. The topological polar surface area (TPSA) is 38.1 Å². The highest BCUT2D eigenvalue weighted by atomic mass is 16.2. The third-order valence-electron chi connectivity index (χ3n) is 4.72. The molecule has 1 unspecified atom stereocenters. The van der Waals surface area contributed by atoms with E-state index in [2.05, 4.69) is 43.1 Å². The Morgan fingerprint density at radius 2 is 2.12 bits per heavy atom. The minimum Gasteiger partial charge on any atom is -0.336 e. The highest BCUT2D eigenvalue weighted by Gasteiger charge is 2.27. The van der Waals surface area contributed by atoms with Gasteiger partial charge in [-0.2, -0.15) is 0 Å². The van der Waals surface area contributed by atoms with Crippen LogP contribution in [-0.2, 0) is 17.8 Å². The van der Waals surface area contributed by atoms with Gasteiger partial charge in [0.15, 0.2) is 0 Å².